The van der Waals surface area contributed by atoms with Gasteiger partial charge in [-0.3, -0.25) is 0 Å². The van der Waals surface area contributed by atoms with E-state index in [1.165, 1.54) is 56.3 Å². The Morgan fingerprint density at radius 3 is 1.25 bits per heavy atom. The van der Waals surface area contributed by atoms with Gasteiger partial charge in [-0.2, -0.15) is 0 Å². The maximum absolute atomic E-state index is 2.31. The van der Waals surface area contributed by atoms with Crippen LogP contribution in [0.25, 0.3) is 11.1 Å². The topological polar surface area (TPSA) is 0 Å². The van der Waals surface area contributed by atoms with Crippen LogP contribution in [-0.2, 0) is 12.8 Å². The van der Waals surface area contributed by atoms with Crippen molar-refractivity contribution >= 4 is 0 Å². The second-order valence-corrected chi connectivity index (χ2v) is 7.66. The van der Waals surface area contributed by atoms with Crippen LogP contribution in [0.4, 0.5) is 0 Å². The Labute approximate surface area is 166 Å². The van der Waals surface area contributed by atoms with Crippen molar-refractivity contribution in [1.82, 2.24) is 0 Å². The van der Waals surface area contributed by atoms with E-state index in [9.17, 15) is 0 Å². The fourth-order valence-electron chi connectivity index (χ4n) is 4.93. The van der Waals surface area contributed by atoms with Crippen LogP contribution < -0.4 is 0 Å². The van der Waals surface area contributed by atoms with Gasteiger partial charge in [-0.05, 0) is 72.8 Å². The Balaban J connectivity index is 1.67. The lowest BCUT2D eigenvalue weighted by atomic mass is 9.74. The molecule has 0 spiro atoms. The normalized spacial score (nSPS) is 14.0. The number of rotatable bonds is 1. The number of benzene rings is 4. The Hall–Kier alpha value is -3.38. The number of aryl methyl sites for hydroxylation is 2. The highest BCUT2D eigenvalue weighted by molar-refractivity contribution is 5.89. The maximum atomic E-state index is 2.31. The average Bonchev–Trinajstić information content (AvgIpc) is 2.99. The van der Waals surface area contributed by atoms with E-state index in [0.29, 0.717) is 0 Å². The largest absolute Gasteiger partial charge is 0.113 e. The molecule has 0 bridgehead atoms. The fourth-order valence-corrected chi connectivity index (χ4v) is 4.93. The quantitative estimate of drug-likeness (QED) is 0.346. The zero-order valence-corrected chi connectivity index (χ0v) is 15.7. The fraction of sp³-hybridized carbons (Fsp3) is 0.0714. The molecule has 0 atom stereocenters. The first-order valence-corrected chi connectivity index (χ1v) is 10.0. The Kier molecular flexibility index (Phi) is 3.39. The van der Waals surface area contributed by atoms with E-state index in [-0.39, 0.29) is 0 Å². The van der Waals surface area contributed by atoms with Crippen molar-refractivity contribution in [3.8, 4) is 11.1 Å². The van der Waals surface area contributed by atoms with Gasteiger partial charge < -0.3 is 0 Å². The summed E-state index contributed by atoms with van der Waals surface area (Å²) in [6.45, 7) is 0. The molecule has 0 radical (unpaired) electrons. The van der Waals surface area contributed by atoms with E-state index in [1.54, 1.807) is 0 Å². The highest BCUT2D eigenvalue weighted by Crippen LogP contribution is 2.53. The molecule has 4 aromatic rings. The number of fused-ring (bicyclic) bond motifs is 5. The van der Waals surface area contributed by atoms with E-state index < -0.39 is 0 Å². The third-order valence-corrected chi connectivity index (χ3v) is 6.17. The first-order valence-electron chi connectivity index (χ1n) is 10.0. The average molecular weight is 356 g/mol. The summed E-state index contributed by atoms with van der Waals surface area (Å²) in [4.78, 5) is 0. The molecule has 2 aliphatic carbocycles. The molecule has 0 heterocycles. The van der Waals surface area contributed by atoms with E-state index >= 15 is 0 Å². The summed E-state index contributed by atoms with van der Waals surface area (Å²) in [5.74, 6) is 2.77. The summed E-state index contributed by atoms with van der Waals surface area (Å²) in [6, 6.07) is 35.7. The second-order valence-electron chi connectivity index (χ2n) is 7.66. The standard InChI is InChI=1S/C28H20/c1-3-11-21-19(9-1)17-18-20-10-2-4-12-22(20)27(21)28-25-15-7-5-13-23(25)24-14-6-8-16-26(24)28/h1-16H,17-18H2/q+2. The third-order valence-electron chi connectivity index (χ3n) is 6.17. The van der Waals surface area contributed by atoms with Gasteiger partial charge in [0.15, 0.2) is 0 Å². The van der Waals surface area contributed by atoms with Crippen molar-refractivity contribution in [3.05, 3.63) is 142 Å². The lowest BCUT2D eigenvalue weighted by Gasteiger charge is -2.18. The van der Waals surface area contributed by atoms with Gasteiger partial charge in [0.25, 0.3) is 0 Å². The van der Waals surface area contributed by atoms with Crippen LogP contribution in [0.5, 0.6) is 0 Å². The summed E-state index contributed by atoms with van der Waals surface area (Å²) in [5.41, 5.74) is 11.1. The van der Waals surface area contributed by atoms with E-state index in [4.69, 9.17) is 0 Å². The molecule has 0 heteroatoms. The van der Waals surface area contributed by atoms with E-state index in [2.05, 4.69) is 97.1 Å². The highest BCUT2D eigenvalue weighted by atomic mass is 14.4. The Morgan fingerprint density at radius 1 is 0.393 bits per heavy atom. The van der Waals surface area contributed by atoms with Gasteiger partial charge >= 0.3 is 0 Å². The van der Waals surface area contributed by atoms with Gasteiger partial charge in [0, 0.05) is 48.2 Å². The summed E-state index contributed by atoms with van der Waals surface area (Å²) < 4.78 is 0. The molecule has 0 saturated carbocycles. The van der Waals surface area contributed by atoms with Gasteiger partial charge in [-0.15, -0.1) is 0 Å². The second kappa shape index (κ2) is 6.07. The summed E-state index contributed by atoms with van der Waals surface area (Å²) in [7, 11) is 0. The van der Waals surface area contributed by atoms with Crippen LogP contribution in [0.2, 0.25) is 0 Å². The molecule has 0 N–H and O–H groups in total. The minimum atomic E-state index is 1.09. The van der Waals surface area contributed by atoms with Crippen molar-refractivity contribution in [2.24, 2.45) is 0 Å². The molecule has 130 valence electrons. The zero-order valence-electron chi connectivity index (χ0n) is 15.7. The van der Waals surface area contributed by atoms with E-state index in [1.807, 2.05) is 0 Å². The first-order chi connectivity index (χ1) is 13.9. The highest BCUT2D eigenvalue weighted by Gasteiger charge is 2.48. The van der Waals surface area contributed by atoms with E-state index in [0.717, 1.165) is 12.8 Å². The third kappa shape index (κ3) is 2.18. The Morgan fingerprint density at radius 2 is 0.750 bits per heavy atom. The summed E-state index contributed by atoms with van der Waals surface area (Å²) in [5, 5.41) is 0. The minimum Gasteiger partial charge on any atom is -0.0463 e. The van der Waals surface area contributed by atoms with Gasteiger partial charge in [-0.1, -0.05) is 0 Å². The van der Waals surface area contributed by atoms with Gasteiger partial charge in [0.2, 0.25) is 0 Å². The molecule has 0 aliphatic heterocycles. The van der Waals surface area contributed by atoms with Crippen LogP contribution >= 0.6 is 0 Å². The maximum Gasteiger partial charge on any atom is 0.113 e. The van der Waals surface area contributed by atoms with Crippen LogP contribution in [-0.4, -0.2) is 0 Å². The van der Waals surface area contributed by atoms with Gasteiger partial charge in [0.1, 0.15) is 23.0 Å². The molecule has 6 rings (SSSR count). The molecule has 0 aromatic heterocycles. The first kappa shape index (κ1) is 15.7. The molecule has 0 saturated heterocycles. The lowest BCUT2D eigenvalue weighted by molar-refractivity contribution is 0.965. The molecule has 0 unspecified atom stereocenters. The van der Waals surface area contributed by atoms with Crippen molar-refractivity contribution in [3.63, 3.8) is 0 Å². The van der Waals surface area contributed by atoms with Crippen molar-refractivity contribution < 1.29 is 0 Å². The molecule has 28 heavy (non-hydrogen) atoms. The molecule has 2 aliphatic rings. The summed E-state index contributed by atoms with van der Waals surface area (Å²) >= 11 is 0. The van der Waals surface area contributed by atoms with Crippen molar-refractivity contribution in [1.29, 1.82) is 0 Å². The van der Waals surface area contributed by atoms with Crippen molar-refractivity contribution in [2.45, 2.75) is 12.8 Å². The molecule has 4 aromatic carbocycles. The molecular weight excluding hydrogens is 336 g/mol. The number of hydrogen-bond acceptors (Lipinski definition) is 0. The smallest absolute Gasteiger partial charge is 0.0463 e. The molecule has 0 amide bonds. The van der Waals surface area contributed by atoms with Gasteiger partial charge in [-0.25, -0.2) is 0 Å². The predicted molar refractivity (Wildman–Crippen MR) is 115 cm³/mol. The predicted octanol–water partition coefficient (Wildman–Crippen LogP) is 6.41. The summed E-state index contributed by atoms with van der Waals surface area (Å²) in [6.07, 6.45) is 2.18. The van der Waals surface area contributed by atoms with Crippen LogP contribution in [0.1, 0.15) is 33.4 Å². The molecule has 0 fully saturated rings. The zero-order chi connectivity index (χ0) is 18.5. The molecule has 0 nitrogen and oxygen atoms in total. The SMILES string of the molecule is c1ccc2c(c1)CCc1ccccc1[C+]2[C+]1c2ccccc2-c2ccccc21. The van der Waals surface area contributed by atoms with Crippen LogP contribution in [0, 0.1) is 11.8 Å². The monoisotopic (exact) mass is 356 g/mol. The Bertz CT molecular complexity index is 1090. The van der Waals surface area contributed by atoms with Crippen molar-refractivity contribution in [2.75, 3.05) is 0 Å². The van der Waals surface area contributed by atoms with Crippen LogP contribution in [0.15, 0.2) is 97.1 Å². The van der Waals surface area contributed by atoms with Gasteiger partial charge in [0.05, 0.1) is 22.3 Å². The number of hydrogen-bond donors (Lipinski definition) is 0. The minimum absolute atomic E-state index is 1.09. The molecular formula is C28H20+2. The van der Waals surface area contributed by atoms with Crippen LogP contribution in [0.3, 0.4) is 0 Å². The lowest BCUT2D eigenvalue weighted by Crippen LogP contribution is -2.15.